The summed E-state index contributed by atoms with van der Waals surface area (Å²) in [6.07, 6.45) is 0. The van der Waals surface area contributed by atoms with Gasteiger partial charge in [-0.1, -0.05) is 0 Å². The first-order valence-electron chi connectivity index (χ1n) is 1.63. The predicted octanol–water partition coefficient (Wildman–Crippen LogP) is -3.56. The van der Waals surface area contributed by atoms with Gasteiger partial charge in [0.2, 0.25) is 0 Å². The number of rotatable bonds is 3. The molecule has 0 bridgehead atoms. The zero-order chi connectivity index (χ0) is 8.41. The normalized spacial score (nSPS) is 16.7. The molecule has 0 heterocycles. The smallest absolute Gasteiger partial charge is 0.790 e. The van der Waals surface area contributed by atoms with Crippen LogP contribution in [0.2, 0.25) is 0 Å². The Morgan fingerprint density at radius 2 is 1.55 bits per heavy atom. The largest absolute Gasteiger partial charge is 2.00 e. The van der Waals surface area contributed by atoms with E-state index >= 15 is 0 Å². The molecule has 8 nitrogen and oxygen atoms in total. The Balaban J connectivity index is -0.000000135. The molecule has 0 spiro atoms. The maximum Gasteiger partial charge on any atom is 2.00 e. The first-order valence-corrected chi connectivity index (χ1v) is 4.55. The Bertz CT molecular complexity index is 198. The van der Waals surface area contributed by atoms with E-state index in [0.29, 0.717) is 0 Å². The molecule has 0 aromatic rings. The van der Waals surface area contributed by atoms with E-state index in [2.05, 4.69) is 8.99 Å². The Kier molecular flexibility index (Phi) is 7.16. The van der Waals surface area contributed by atoms with Gasteiger partial charge in [-0.3, -0.25) is 8.88 Å². The Hall–Kier alpha value is 1.48. The fourth-order valence-corrected chi connectivity index (χ4v) is 1.22. The van der Waals surface area contributed by atoms with E-state index in [1.54, 1.807) is 0 Å². The molecule has 0 aliphatic carbocycles. The van der Waals surface area contributed by atoms with Crippen LogP contribution in [0.1, 0.15) is 2.85 Å². The molecule has 1 atom stereocenters. The van der Waals surface area contributed by atoms with Gasteiger partial charge >= 0.3 is 40.6 Å². The minimum atomic E-state index is -5.70. The van der Waals surface area contributed by atoms with Gasteiger partial charge < -0.3 is 29.2 Å². The van der Waals surface area contributed by atoms with Gasteiger partial charge in [0.05, 0.1) is 7.82 Å². The van der Waals surface area contributed by atoms with Crippen molar-refractivity contribution < 1.29 is 40.9 Å². The van der Waals surface area contributed by atoms with Crippen LogP contribution < -0.4 is 19.9 Å². The first-order chi connectivity index (χ1) is 4.27. The molecule has 0 fully saturated rings. The molecule has 11 heteroatoms. The molecular weight excluding hydrogens is 230 g/mol. The number of phosphoric acid groups is 2. The summed E-state index contributed by atoms with van der Waals surface area (Å²) in [5, 5.41) is 9.03. The Morgan fingerprint density at radius 3 is 1.64 bits per heavy atom. The van der Waals surface area contributed by atoms with Crippen molar-refractivity contribution in [1.82, 2.24) is 0 Å². The van der Waals surface area contributed by atoms with Gasteiger partial charge in [0.25, 0.3) is 7.82 Å². The van der Waals surface area contributed by atoms with Crippen LogP contribution in [0.5, 0.6) is 0 Å². The summed E-state index contributed by atoms with van der Waals surface area (Å²) in [5.41, 5.74) is 0. The van der Waals surface area contributed by atoms with E-state index in [-0.39, 0.29) is 40.6 Å². The van der Waals surface area contributed by atoms with Gasteiger partial charge in [-0.2, -0.15) is 0 Å². The molecule has 0 N–H and O–H groups in total. The third-order valence-corrected chi connectivity index (χ3v) is 2.07. The monoisotopic (exact) mass is 232 g/mol. The van der Waals surface area contributed by atoms with Crippen molar-refractivity contribution in [3.63, 3.8) is 0 Å². The van der Waals surface area contributed by atoms with Crippen molar-refractivity contribution >= 4 is 53.4 Å². The summed E-state index contributed by atoms with van der Waals surface area (Å²) in [4.78, 5) is 28.6. The van der Waals surface area contributed by atoms with E-state index in [1.807, 2.05) is 0 Å². The Labute approximate surface area is 93.9 Å². The second kappa shape index (κ2) is 5.26. The van der Waals surface area contributed by atoms with Crippen LogP contribution in [0, 0.1) is 0 Å². The van der Waals surface area contributed by atoms with Crippen LogP contribution in [0.25, 0.3) is 0 Å². The van der Waals surface area contributed by atoms with Gasteiger partial charge in [0, 0.05) is 0 Å². The minimum Gasteiger partial charge on any atom is -0.790 e. The fourth-order valence-electron chi connectivity index (χ4n) is 0.136. The third-order valence-electron chi connectivity index (χ3n) is 0.291. The molecule has 0 saturated heterocycles. The second-order valence-electron chi connectivity index (χ2n) is 1.05. The summed E-state index contributed by atoms with van der Waals surface area (Å²) in [6.45, 7) is 0. The van der Waals surface area contributed by atoms with Crippen molar-refractivity contribution in [2.24, 2.45) is 0 Å². The Morgan fingerprint density at radius 1 is 1.18 bits per heavy atom. The average molecular weight is 232 g/mol. The van der Waals surface area contributed by atoms with Crippen LogP contribution in [-0.2, 0) is 18.1 Å². The maximum atomic E-state index is 9.71. The molecule has 0 aromatic heterocycles. The molecule has 0 aliphatic rings. The van der Waals surface area contributed by atoms with Crippen LogP contribution in [0.3, 0.4) is 0 Å². The summed E-state index contributed by atoms with van der Waals surface area (Å²) < 4.78 is 24.1. The molecule has 0 radical (unpaired) electrons. The van der Waals surface area contributed by atoms with Crippen molar-refractivity contribution in [2.75, 3.05) is 0 Å². The van der Waals surface area contributed by atoms with Crippen molar-refractivity contribution in [1.29, 1.82) is 0 Å². The number of hydrogen-bond donors (Lipinski definition) is 0. The van der Waals surface area contributed by atoms with Crippen molar-refractivity contribution in [2.45, 2.75) is 0 Å². The molecule has 0 rings (SSSR count). The van der Waals surface area contributed by atoms with Crippen LogP contribution in [-0.4, -0.2) is 37.7 Å². The average Bonchev–Trinajstić information content (AvgIpc) is 1.60. The molecule has 1 unspecified atom stereocenters. The van der Waals surface area contributed by atoms with Gasteiger partial charge in [-0.25, -0.2) is 0 Å². The zero-order valence-electron chi connectivity index (χ0n) is 6.87. The molecule has 0 amide bonds. The molecule has 0 saturated carbocycles. The quantitative estimate of drug-likeness (QED) is 0.210. The third kappa shape index (κ3) is 9.39. The first kappa shape index (κ1) is 15.0. The van der Waals surface area contributed by atoms with Gasteiger partial charge in [0.1, 0.15) is 0 Å². The van der Waals surface area contributed by atoms with Crippen LogP contribution in [0.15, 0.2) is 0 Å². The minimum absolute atomic E-state index is 0. The van der Waals surface area contributed by atoms with Gasteiger partial charge in [-0.05, 0) is 0 Å². The van der Waals surface area contributed by atoms with E-state index in [9.17, 15) is 23.8 Å². The SMILES string of the molecule is O=P([O-])([O-])OP(=O)([O-])O[O-].[Ca+2].[H+].[H+]. The number of hydrogen-bond acceptors (Lipinski definition) is 8. The van der Waals surface area contributed by atoms with Crippen molar-refractivity contribution in [3.8, 4) is 0 Å². The standard InChI is InChI=1S/Ca.H4O8P2/c;1-7-10(5,6)8-9(2,3)4/h;1H,(H,5,6)(H2,2,3,4)/q+2;/p-2. The van der Waals surface area contributed by atoms with Crippen molar-refractivity contribution in [3.05, 3.63) is 0 Å². The van der Waals surface area contributed by atoms with Crippen LogP contribution in [0.4, 0.5) is 0 Å². The van der Waals surface area contributed by atoms with E-state index < -0.39 is 15.6 Å². The predicted molar refractivity (Wildman–Crippen MR) is 25.4 cm³/mol. The second-order valence-corrected chi connectivity index (χ2v) is 3.64. The topological polar surface area (TPSA) is 145 Å². The fraction of sp³-hybridized carbons (Fsp3) is 0. The summed E-state index contributed by atoms with van der Waals surface area (Å²) in [5.74, 6) is 0. The van der Waals surface area contributed by atoms with E-state index in [0.717, 1.165) is 0 Å². The summed E-state index contributed by atoms with van der Waals surface area (Å²) >= 11 is 0. The molecule has 0 aromatic carbocycles. The van der Waals surface area contributed by atoms with Crippen LogP contribution >= 0.6 is 15.6 Å². The van der Waals surface area contributed by atoms with E-state index in [4.69, 9.17) is 5.26 Å². The molecule has 0 aliphatic heterocycles. The van der Waals surface area contributed by atoms with Gasteiger partial charge in [0.15, 0.2) is 0 Å². The summed E-state index contributed by atoms with van der Waals surface area (Å²) in [6, 6.07) is 0. The molecular formula is H2CaO8P2. The zero-order valence-corrected chi connectivity index (χ0v) is 8.86. The maximum absolute atomic E-state index is 9.71. The molecule has 62 valence electrons. The van der Waals surface area contributed by atoms with Gasteiger partial charge in [-0.15, -0.1) is 0 Å². The summed E-state index contributed by atoms with van der Waals surface area (Å²) in [7, 11) is -11.2. The van der Waals surface area contributed by atoms with E-state index in [1.165, 1.54) is 0 Å². The molecule has 11 heavy (non-hydrogen) atoms.